The van der Waals surface area contributed by atoms with Crippen molar-refractivity contribution in [3.05, 3.63) is 29.6 Å². The molecule has 21 heavy (non-hydrogen) atoms. The summed E-state index contributed by atoms with van der Waals surface area (Å²) in [7, 11) is -4.39. The SMILES string of the molecule is O=S(=O)(c1c(F)cc(F)cc1F)N1C2CCC1CC(O)C2. The number of nitrogens with zero attached hydrogens (tertiary/aromatic N) is 1. The second kappa shape index (κ2) is 4.96. The highest BCUT2D eigenvalue weighted by Crippen LogP contribution is 2.40. The van der Waals surface area contributed by atoms with Crippen LogP contribution in [0, 0.1) is 17.5 Å². The van der Waals surface area contributed by atoms with Gasteiger partial charge < -0.3 is 5.11 Å². The zero-order valence-corrected chi connectivity index (χ0v) is 11.8. The number of benzene rings is 1. The quantitative estimate of drug-likeness (QED) is 0.903. The van der Waals surface area contributed by atoms with E-state index in [1.807, 2.05) is 0 Å². The van der Waals surface area contributed by atoms with Gasteiger partial charge in [0.05, 0.1) is 6.10 Å². The van der Waals surface area contributed by atoms with Crippen LogP contribution in [0.1, 0.15) is 25.7 Å². The lowest BCUT2D eigenvalue weighted by molar-refractivity contribution is 0.0767. The number of aliphatic hydroxyl groups is 1. The lowest BCUT2D eigenvalue weighted by Crippen LogP contribution is -2.48. The Morgan fingerprint density at radius 2 is 1.52 bits per heavy atom. The molecule has 2 bridgehead atoms. The molecule has 0 radical (unpaired) electrons. The topological polar surface area (TPSA) is 57.6 Å². The van der Waals surface area contributed by atoms with Crippen LogP contribution in [0.25, 0.3) is 0 Å². The standard InChI is InChI=1S/C13H14F3NO3S/c14-7-3-11(15)13(12(16)4-7)21(19,20)17-8-1-2-9(17)6-10(18)5-8/h3-4,8-10,18H,1-2,5-6H2. The summed E-state index contributed by atoms with van der Waals surface area (Å²) in [5.41, 5.74) is 0. The monoisotopic (exact) mass is 321 g/mol. The van der Waals surface area contributed by atoms with Gasteiger partial charge in [-0.3, -0.25) is 0 Å². The van der Waals surface area contributed by atoms with Gasteiger partial charge in [-0.25, -0.2) is 21.6 Å². The van der Waals surface area contributed by atoms with E-state index in [1.54, 1.807) is 0 Å². The Labute approximate surface area is 120 Å². The van der Waals surface area contributed by atoms with E-state index in [2.05, 4.69) is 0 Å². The van der Waals surface area contributed by atoms with E-state index in [1.165, 1.54) is 0 Å². The van der Waals surface area contributed by atoms with E-state index >= 15 is 0 Å². The minimum Gasteiger partial charge on any atom is -0.393 e. The summed E-state index contributed by atoms with van der Waals surface area (Å²) in [5, 5.41) is 9.67. The maximum atomic E-state index is 13.8. The average Bonchev–Trinajstić information content (AvgIpc) is 2.61. The molecule has 8 heteroatoms. The molecule has 2 fully saturated rings. The third kappa shape index (κ3) is 2.35. The van der Waals surface area contributed by atoms with Crippen molar-refractivity contribution in [3.8, 4) is 0 Å². The van der Waals surface area contributed by atoms with Gasteiger partial charge in [0.2, 0.25) is 10.0 Å². The first-order valence-corrected chi connectivity index (χ1v) is 8.11. The van der Waals surface area contributed by atoms with Crippen LogP contribution in [0.3, 0.4) is 0 Å². The molecule has 2 aliphatic heterocycles. The molecule has 1 aromatic carbocycles. The average molecular weight is 321 g/mol. The maximum absolute atomic E-state index is 13.8. The zero-order chi connectivity index (χ0) is 15.4. The molecule has 4 nitrogen and oxygen atoms in total. The molecular weight excluding hydrogens is 307 g/mol. The van der Waals surface area contributed by atoms with E-state index in [4.69, 9.17) is 0 Å². The number of aliphatic hydroxyl groups excluding tert-OH is 1. The summed E-state index contributed by atoms with van der Waals surface area (Å²) in [5.74, 6) is -4.03. The van der Waals surface area contributed by atoms with Gasteiger partial charge in [0.1, 0.15) is 17.5 Å². The van der Waals surface area contributed by atoms with Gasteiger partial charge in [0.25, 0.3) is 0 Å². The summed E-state index contributed by atoms with van der Waals surface area (Å²) in [6.45, 7) is 0. The Balaban J connectivity index is 2.06. The zero-order valence-electron chi connectivity index (χ0n) is 11.0. The van der Waals surface area contributed by atoms with Gasteiger partial charge in [0, 0.05) is 24.2 Å². The van der Waals surface area contributed by atoms with E-state index in [9.17, 15) is 26.7 Å². The fourth-order valence-corrected chi connectivity index (χ4v) is 5.37. The summed E-state index contributed by atoms with van der Waals surface area (Å²) in [6.07, 6.45) is 0.994. The van der Waals surface area contributed by atoms with Crippen LogP contribution in [-0.2, 0) is 10.0 Å². The van der Waals surface area contributed by atoms with Crippen molar-refractivity contribution in [2.45, 2.75) is 48.8 Å². The first-order valence-electron chi connectivity index (χ1n) is 6.67. The summed E-state index contributed by atoms with van der Waals surface area (Å²) in [6, 6.07) is -0.215. The molecule has 2 unspecified atom stereocenters. The maximum Gasteiger partial charge on any atom is 0.249 e. The van der Waals surface area contributed by atoms with Gasteiger partial charge >= 0.3 is 0 Å². The fourth-order valence-electron chi connectivity index (χ4n) is 3.38. The third-order valence-electron chi connectivity index (χ3n) is 4.14. The number of sulfonamides is 1. The molecular formula is C13H14F3NO3S. The molecule has 1 N–H and O–H groups in total. The Bertz CT molecular complexity index is 642. The van der Waals surface area contributed by atoms with E-state index in [-0.39, 0.29) is 12.8 Å². The van der Waals surface area contributed by atoms with Crippen molar-refractivity contribution < 1.29 is 26.7 Å². The minimum atomic E-state index is -4.39. The van der Waals surface area contributed by atoms with Crippen LogP contribution in [0.4, 0.5) is 13.2 Å². The molecule has 3 rings (SSSR count). The molecule has 0 aromatic heterocycles. The van der Waals surface area contributed by atoms with E-state index in [0.29, 0.717) is 25.0 Å². The second-order valence-corrected chi connectivity index (χ2v) is 7.32. The second-order valence-electron chi connectivity index (χ2n) is 5.54. The van der Waals surface area contributed by atoms with Gasteiger partial charge in [-0.05, 0) is 25.7 Å². The van der Waals surface area contributed by atoms with Crippen molar-refractivity contribution in [2.24, 2.45) is 0 Å². The molecule has 116 valence electrons. The lowest BCUT2D eigenvalue weighted by Gasteiger charge is -2.36. The largest absolute Gasteiger partial charge is 0.393 e. The molecule has 2 saturated heterocycles. The number of fused-ring (bicyclic) bond motifs is 2. The lowest BCUT2D eigenvalue weighted by atomic mass is 10.0. The highest BCUT2D eigenvalue weighted by Gasteiger charge is 2.48. The van der Waals surface area contributed by atoms with Crippen LogP contribution >= 0.6 is 0 Å². The molecule has 0 saturated carbocycles. The number of hydrogen-bond donors (Lipinski definition) is 1. The predicted molar refractivity (Wildman–Crippen MR) is 67.4 cm³/mol. The van der Waals surface area contributed by atoms with Crippen molar-refractivity contribution in [1.29, 1.82) is 0 Å². The molecule has 0 spiro atoms. The first-order chi connectivity index (χ1) is 9.80. The van der Waals surface area contributed by atoms with E-state index < -0.39 is 50.6 Å². The number of hydrogen-bond acceptors (Lipinski definition) is 3. The van der Waals surface area contributed by atoms with Crippen LogP contribution < -0.4 is 0 Å². The summed E-state index contributed by atoms with van der Waals surface area (Å²) < 4.78 is 66.7. The molecule has 0 amide bonds. The van der Waals surface area contributed by atoms with Crippen LogP contribution in [0.2, 0.25) is 0 Å². The Kier molecular flexibility index (Phi) is 3.50. The predicted octanol–water partition coefficient (Wildman–Crippen LogP) is 1.78. The number of rotatable bonds is 2. The summed E-state index contributed by atoms with van der Waals surface area (Å²) >= 11 is 0. The van der Waals surface area contributed by atoms with Crippen LogP contribution in [0.15, 0.2) is 17.0 Å². The van der Waals surface area contributed by atoms with Crippen molar-refractivity contribution in [3.63, 3.8) is 0 Å². The number of halogens is 3. The Morgan fingerprint density at radius 3 is 2.00 bits per heavy atom. The van der Waals surface area contributed by atoms with E-state index in [0.717, 1.165) is 4.31 Å². The normalized spacial score (nSPS) is 29.8. The fraction of sp³-hybridized carbons (Fsp3) is 0.538. The number of piperidine rings is 1. The molecule has 1 aromatic rings. The van der Waals surface area contributed by atoms with Crippen molar-refractivity contribution in [1.82, 2.24) is 4.31 Å². The first kappa shape index (κ1) is 14.8. The van der Waals surface area contributed by atoms with Crippen molar-refractivity contribution in [2.75, 3.05) is 0 Å². The van der Waals surface area contributed by atoms with Crippen LogP contribution in [0.5, 0.6) is 0 Å². The van der Waals surface area contributed by atoms with Crippen molar-refractivity contribution >= 4 is 10.0 Å². The van der Waals surface area contributed by atoms with Gasteiger partial charge in [-0.2, -0.15) is 4.31 Å². The van der Waals surface area contributed by atoms with Gasteiger partial charge in [0.15, 0.2) is 4.90 Å². The summed E-state index contributed by atoms with van der Waals surface area (Å²) in [4.78, 5) is -1.11. The molecule has 0 aliphatic carbocycles. The highest BCUT2D eigenvalue weighted by atomic mass is 32.2. The smallest absolute Gasteiger partial charge is 0.249 e. The Hall–Kier alpha value is -1.12. The molecule has 2 aliphatic rings. The minimum absolute atomic E-state index is 0.250. The highest BCUT2D eigenvalue weighted by molar-refractivity contribution is 7.89. The van der Waals surface area contributed by atoms with Gasteiger partial charge in [-0.1, -0.05) is 0 Å². The molecule has 2 atom stereocenters. The molecule has 2 heterocycles. The van der Waals surface area contributed by atoms with Crippen LogP contribution in [-0.4, -0.2) is 36.0 Å². The third-order valence-corrected chi connectivity index (χ3v) is 6.20. The van der Waals surface area contributed by atoms with Gasteiger partial charge in [-0.15, -0.1) is 0 Å². The Morgan fingerprint density at radius 1 is 1.05 bits per heavy atom.